The highest BCUT2D eigenvalue weighted by atomic mass is 35.5. The molecule has 0 atom stereocenters. The quantitative estimate of drug-likeness (QED) is 0.435. The molecule has 0 radical (unpaired) electrons. The summed E-state index contributed by atoms with van der Waals surface area (Å²) in [5, 5.41) is 3.89. The van der Waals surface area contributed by atoms with Gasteiger partial charge >= 0.3 is 5.97 Å². The number of methoxy groups -OCH3 is 1. The van der Waals surface area contributed by atoms with Crippen LogP contribution in [0.5, 0.6) is 0 Å². The molecule has 0 N–H and O–H groups in total. The van der Waals surface area contributed by atoms with Gasteiger partial charge in [0.1, 0.15) is 7.11 Å². The Kier molecular flexibility index (Phi) is 7.58. The predicted octanol–water partition coefficient (Wildman–Crippen LogP) is 1.24. The molecule has 0 unspecified atom stereocenters. The van der Waals surface area contributed by atoms with Gasteiger partial charge in [-0.25, -0.2) is 0 Å². The molecule has 98 valence electrons. The first-order chi connectivity index (χ1) is 7.67. The fraction of sp³-hybridized carbons (Fsp3) is 0.636. The van der Waals surface area contributed by atoms with E-state index in [2.05, 4.69) is 20.9 Å². The Morgan fingerprint density at radius 3 is 2.76 bits per heavy atom. The van der Waals surface area contributed by atoms with Gasteiger partial charge in [0.15, 0.2) is 0 Å². The monoisotopic (exact) mass is 262 g/mol. The zero-order valence-electron chi connectivity index (χ0n) is 10.4. The summed E-state index contributed by atoms with van der Waals surface area (Å²) in [5.41, 5.74) is 1.70. The third-order valence-electron chi connectivity index (χ3n) is 2.45. The Balaban J connectivity index is 0.00000256. The first-order valence-electron chi connectivity index (χ1n) is 5.22. The van der Waals surface area contributed by atoms with Crippen molar-refractivity contribution in [1.82, 2.24) is 4.90 Å². The van der Waals surface area contributed by atoms with Gasteiger partial charge < -0.3 is 14.5 Å². The molecule has 0 spiro atoms. The average molecular weight is 263 g/mol. The number of carbonyl (C=O) groups is 1. The van der Waals surface area contributed by atoms with Crippen molar-refractivity contribution in [2.24, 2.45) is 5.16 Å². The minimum Gasteiger partial charge on any atom is -0.469 e. The van der Waals surface area contributed by atoms with Crippen LogP contribution in [-0.2, 0) is 14.4 Å². The Morgan fingerprint density at radius 1 is 1.53 bits per heavy atom. The number of carbonyl (C=O) groups excluding carboxylic acids is 1. The van der Waals surface area contributed by atoms with E-state index in [1.807, 2.05) is 7.05 Å². The van der Waals surface area contributed by atoms with Gasteiger partial charge in [0.25, 0.3) is 0 Å². The maximum atomic E-state index is 11.2. The number of hydrogen-bond donors (Lipinski definition) is 0. The normalized spacial score (nSPS) is 16.9. The molecule has 0 saturated carbocycles. The van der Waals surface area contributed by atoms with Gasteiger partial charge in [-0.15, -0.1) is 12.4 Å². The second kappa shape index (κ2) is 8.08. The number of esters is 1. The molecule has 0 saturated heterocycles. The van der Waals surface area contributed by atoms with Crippen LogP contribution in [-0.4, -0.2) is 50.9 Å². The zero-order valence-corrected chi connectivity index (χ0v) is 11.2. The molecule has 0 aromatic carbocycles. The summed E-state index contributed by atoms with van der Waals surface area (Å²) in [7, 11) is 4.88. The highest BCUT2D eigenvalue weighted by Gasteiger charge is 2.17. The van der Waals surface area contributed by atoms with Gasteiger partial charge in [-0.1, -0.05) is 11.2 Å². The highest BCUT2D eigenvalue weighted by Crippen LogP contribution is 2.12. The number of oxime groups is 1. The van der Waals surface area contributed by atoms with Crippen molar-refractivity contribution in [2.75, 3.05) is 34.4 Å². The summed E-state index contributed by atoms with van der Waals surface area (Å²) in [5.74, 6) is -0.301. The number of rotatable bonds is 4. The molecule has 0 bridgehead atoms. The second-order valence-electron chi connectivity index (χ2n) is 3.73. The van der Waals surface area contributed by atoms with Crippen LogP contribution in [0.2, 0.25) is 0 Å². The highest BCUT2D eigenvalue weighted by molar-refractivity contribution is 6.09. The van der Waals surface area contributed by atoms with Gasteiger partial charge in [0.2, 0.25) is 0 Å². The van der Waals surface area contributed by atoms with E-state index in [1.165, 1.54) is 14.2 Å². The average Bonchev–Trinajstić information content (AvgIpc) is 2.28. The third-order valence-corrected chi connectivity index (χ3v) is 2.45. The summed E-state index contributed by atoms with van der Waals surface area (Å²) in [6.07, 6.45) is 3.22. The lowest BCUT2D eigenvalue weighted by molar-refractivity contribution is -0.139. The maximum absolute atomic E-state index is 11.2. The van der Waals surface area contributed by atoms with Crippen LogP contribution in [0.25, 0.3) is 0 Å². The molecule has 0 aliphatic carbocycles. The van der Waals surface area contributed by atoms with Crippen molar-refractivity contribution in [1.29, 1.82) is 0 Å². The van der Waals surface area contributed by atoms with E-state index >= 15 is 0 Å². The minimum absolute atomic E-state index is 0. The molecule has 1 heterocycles. The molecular formula is C11H19ClN2O3. The topological polar surface area (TPSA) is 51.1 Å². The van der Waals surface area contributed by atoms with Crippen LogP contribution < -0.4 is 0 Å². The van der Waals surface area contributed by atoms with Gasteiger partial charge in [-0.3, -0.25) is 4.79 Å². The first kappa shape index (κ1) is 15.9. The lowest BCUT2D eigenvalue weighted by Crippen LogP contribution is -2.29. The van der Waals surface area contributed by atoms with Crippen LogP contribution in [0.15, 0.2) is 16.8 Å². The SMILES string of the molecule is CO/N=C(\CC(=O)OC)C1=CCCN(C)C1.Cl. The van der Waals surface area contributed by atoms with Gasteiger partial charge in [-0.05, 0) is 19.0 Å². The van der Waals surface area contributed by atoms with Crippen molar-refractivity contribution < 1.29 is 14.4 Å². The molecule has 0 aromatic rings. The second-order valence-corrected chi connectivity index (χ2v) is 3.73. The van der Waals surface area contributed by atoms with Gasteiger partial charge in [0, 0.05) is 13.1 Å². The van der Waals surface area contributed by atoms with Gasteiger partial charge in [0.05, 0.1) is 19.2 Å². The molecule has 0 aromatic heterocycles. The molecule has 6 heteroatoms. The molecule has 0 amide bonds. The third kappa shape index (κ3) is 5.19. The fourth-order valence-corrected chi connectivity index (χ4v) is 1.63. The van der Waals surface area contributed by atoms with E-state index in [0.717, 1.165) is 25.1 Å². The number of hydrogen-bond acceptors (Lipinski definition) is 5. The minimum atomic E-state index is -0.301. The molecule has 17 heavy (non-hydrogen) atoms. The van der Waals surface area contributed by atoms with Crippen LogP contribution in [0, 0.1) is 0 Å². The standard InChI is InChI=1S/C11H18N2O3.ClH/c1-13-6-4-5-9(8-13)10(12-16-3)7-11(14)15-2;/h5H,4,6-8H2,1-3H3;1H/b12-10+;. The lowest BCUT2D eigenvalue weighted by atomic mass is 10.0. The number of halogens is 1. The Hall–Kier alpha value is -1.07. The van der Waals surface area contributed by atoms with Crippen molar-refractivity contribution in [3.63, 3.8) is 0 Å². The molecule has 0 fully saturated rings. The number of nitrogens with zero attached hydrogens (tertiary/aromatic N) is 2. The van der Waals surface area contributed by atoms with E-state index in [1.54, 1.807) is 0 Å². The maximum Gasteiger partial charge on any atom is 0.311 e. The summed E-state index contributed by atoms with van der Waals surface area (Å²) < 4.78 is 4.63. The molecular weight excluding hydrogens is 244 g/mol. The molecule has 1 aliphatic heterocycles. The predicted molar refractivity (Wildman–Crippen MR) is 68.5 cm³/mol. The Bertz CT molecular complexity index is 316. The zero-order chi connectivity index (χ0) is 12.0. The largest absolute Gasteiger partial charge is 0.469 e. The van der Waals surface area contributed by atoms with Crippen molar-refractivity contribution in [3.05, 3.63) is 11.6 Å². The van der Waals surface area contributed by atoms with Crippen molar-refractivity contribution in [3.8, 4) is 0 Å². The van der Waals surface area contributed by atoms with Crippen molar-refractivity contribution >= 4 is 24.1 Å². The number of ether oxygens (including phenoxy) is 1. The van der Waals surface area contributed by atoms with E-state index in [9.17, 15) is 4.79 Å². The van der Waals surface area contributed by atoms with Crippen molar-refractivity contribution in [2.45, 2.75) is 12.8 Å². The summed E-state index contributed by atoms with van der Waals surface area (Å²) >= 11 is 0. The Labute approximate surface area is 108 Å². The first-order valence-corrected chi connectivity index (χ1v) is 5.22. The molecule has 5 nitrogen and oxygen atoms in total. The summed E-state index contributed by atoms with van der Waals surface area (Å²) in [6, 6.07) is 0. The summed E-state index contributed by atoms with van der Waals surface area (Å²) in [6.45, 7) is 1.82. The molecule has 1 aliphatic rings. The van der Waals surface area contributed by atoms with Crippen LogP contribution in [0.4, 0.5) is 0 Å². The fourth-order valence-electron chi connectivity index (χ4n) is 1.63. The summed E-state index contributed by atoms with van der Waals surface area (Å²) in [4.78, 5) is 18.2. The Morgan fingerprint density at radius 2 is 2.24 bits per heavy atom. The van der Waals surface area contributed by atoms with Crippen LogP contribution >= 0.6 is 12.4 Å². The molecule has 1 rings (SSSR count). The van der Waals surface area contributed by atoms with Crippen LogP contribution in [0.1, 0.15) is 12.8 Å². The smallest absolute Gasteiger partial charge is 0.311 e. The van der Waals surface area contributed by atoms with Gasteiger partial charge in [-0.2, -0.15) is 0 Å². The van der Waals surface area contributed by atoms with E-state index in [4.69, 9.17) is 4.84 Å². The van der Waals surface area contributed by atoms with E-state index in [-0.39, 0.29) is 24.8 Å². The number of likely N-dealkylation sites (N-methyl/N-ethyl adjacent to an activating group) is 1. The van der Waals surface area contributed by atoms with E-state index in [0.29, 0.717) is 5.71 Å². The lowest BCUT2D eigenvalue weighted by Gasteiger charge is -2.23. The van der Waals surface area contributed by atoms with E-state index < -0.39 is 0 Å². The van der Waals surface area contributed by atoms with Crippen LogP contribution in [0.3, 0.4) is 0 Å².